The summed E-state index contributed by atoms with van der Waals surface area (Å²) in [5.41, 5.74) is 1.45. The molecule has 0 atom stereocenters. The van der Waals surface area contributed by atoms with Gasteiger partial charge in [-0.2, -0.15) is 13.2 Å². The molecule has 0 aliphatic carbocycles. The van der Waals surface area contributed by atoms with E-state index in [2.05, 4.69) is 15.2 Å². The van der Waals surface area contributed by atoms with Crippen LogP contribution in [0.25, 0.3) is 0 Å². The Morgan fingerprint density at radius 3 is 2.50 bits per heavy atom. The molecular weight excluding hydrogens is 452 g/mol. The lowest BCUT2D eigenvalue weighted by Crippen LogP contribution is -2.49. The second kappa shape index (κ2) is 12.0. The third kappa shape index (κ3) is 8.48. The van der Waals surface area contributed by atoms with Crippen LogP contribution in [-0.4, -0.2) is 59.8 Å². The molecule has 1 aromatic heterocycles. The number of ether oxygens (including phenoxy) is 1. The minimum absolute atomic E-state index is 0.0153. The molecule has 1 N–H and O–H groups in total. The smallest absolute Gasteiger partial charge is 0.389 e. The van der Waals surface area contributed by atoms with E-state index >= 15 is 0 Å². The van der Waals surface area contributed by atoms with E-state index in [1.807, 2.05) is 7.05 Å². The summed E-state index contributed by atoms with van der Waals surface area (Å²) in [6.07, 6.45) is -2.33. The number of carbonyl (C=O) groups is 1. The average Bonchev–Trinajstić information content (AvgIpc) is 2.81. The Balaban J connectivity index is 1.54. The van der Waals surface area contributed by atoms with E-state index in [1.54, 1.807) is 35.2 Å². The molecule has 0 spiro atoms. The third-order valence-electron chi connectivity index (χ3n) is 5.75. The van der Waals surface area contributed by atoms with Crippen molar-refractivity contribution in [3.05, 3.63) is 59.7 Å². The minimum atomic E-state index is -4.18. The molecule has 1 fully saturated rings. The molecule has 2 amide bonds. The Labute approximate surface area is 196 Å². The molecule has 10 heteroatoms. The summed E-state index contributed by atoms with van der Waals surface area (Å²) in [6, 6.07) is 9.61. The number of nitrogens with one attached hydrogen (secondary N) is 1. The number of rotatable bonds is 9. The van der Waals surface area contributed by atoms with Crippen LogP contribution >= 0.6 is 0 Å². The number of likely N-dealkylation sites (tertiary alicyclic amines) is 1. The zero-order valence-electron chi connectivity index (χ0n) is 19.2. The molecule has 2 aromatic rings. The third-order valence-corrected chi connectivity index (χ3v) is 5.75. The Morgan fingerprint density at radius 1 is 1.18 bits per heavy atom. The highest BCUT2D eigenvalue weighted by atomic mass is 19.4. The lowest BCUT2D eigenvalue weighted by Gasteiger charge is -2.37. The highest BCUT2D eigenvalue weighted by Crippen LogP contribution is 2.22. The van der Waals surface area contributed by atoms with E-state index in [0.29, 0.717) is 11.4 Å². The van der Waals surface area contributed by atoms with Gasteiger partial charge in [0.25, 0.3) is 0 Å². The summed E-state index contributed by atoms with van der Waals surface area (Å²) in [4.78, 5) is 21.1. The predicted molar refractivity (Wildman–Crippen MR) is 120 cm³/mol. The van der Waals surface area contributed by atoms with Crippen LogP contribution in [0.4, 0.5) is 22.4 Å². The summed E-state index contributed by atoms with van der Waals surface area (Å²) in [6.45, 7) is 2.32. The van der Waals surface area contributed by atoms with Gasteiger partial charge >= 0.3 is 12.2 Å². The molecular formula is C24H30F4N4O2. The summed E-state index contributed by atoms with van der Waals surface area (Å²) >= 11 is 0. The number of urea groups is 1. The van der Waals surface area contributed by atoms with E-state index in [1.165, 1.54) is 6.07 Å². The van der Waals surface area contributed by atoms with Gasteiger partial charge in [0.1, 0.15) is 11.6 Å². The number of halogens is 4. The fourth-order valence-corrected chi connectivity index (χ4v) is 3.79. The monoisotopic (exact) mass is 482 g/mol. The van der Waals surface area contributed by atoms with Gasteiger partial charge in [-0.3, -0.25) is 4.98 Å². The van der Waals surface area contributed by atoms with Crippen LogP contribution in [0, 0.1) is 5.82 Å². The molecule has 3 rings (SSSR count). The largest absolute Gasteiger partial charge is 0.494 e. The minimum Gasteiger partial charge on any atom is -0.494 e. The van der Waals surface area contributed by atoms with Gasteiger partial charge in [-0.05, 0) is 69.2 Å². The molecule has 1 aliphatic heterocycles. The van der Waals surface area contributed by atoms with E-state index in [-0.39, 0.29) is 38.2 Å². The Kier molecular flexibility index (Phi) is 9.09. The molecule has 34 heavy (non-hydrogen) atoms. The number of nitrogens with zero attached hydrogens (tertiary/aromatic N) is 3. The van der Waals surface area contributed by atoms with Crippen LogP contribution in [0.1, 0.15) is 36.9 Å². The summed E-state index contributed by atoms with van der Waals surface area (Å²) < 4.78 is 55.2. The van der Waals surface area contributed by atoms with E-state index in [9.17, 15) is 22.4 Å². The first kappa shape index (κ1) is 25.7. The Hall–Kier alpha value is -2.88. The Morgan fingerprint density at radius 2 is 1.88 bits per heavy atom. The van der Waals surface area contributed by atoms with Crippen LogP contribution in [0.3, 0.4) is 0 Å². The standard InChI is InChI=1S/C24H30F4N4O2/c1-31-12-9-21(10-13-31)32(17-20-6-5-19(25)16-29-20)23(33)30-15-18-3-7-22(8-4-18)34-14-2-11-24(26,27)28/h3-8,16,21H,2,9-15,17H2,1H3,(H,30,33). The topological polar surface area (TPSA) is 57.7 Å². The highest BCUT2D eigenvalue weighted by molar-refractivity contribution is 5.74. The van der Waals surface area contributed by atoms with Gasteiger partial charge < -0.3 is 19.9 Å². The Bertz CT molecular complexity index is 899. The summed E-state index contributed by atoms with van der Waals surface area (Å²) in [5, 5.41) is 2.93. The number of alkyl halides is 3. The zero-order chi connectivity index (χ0) is 24.6. The SMILES string of the molecule is CN1CCC(N(Cc2ccc(F)cn2)C(=O)NCc2ccc(OCCCC(F)(F)F)cc2)CC1. The number of carbonyl (C=O) groups excluding carboxylic acids is 1. The van der Waals surface area contributed by atoms with Crippen LogP contribution in [0.5, 0.6) is 5.75 Å². The molecule has 0 unspecified atom stereocenters. The van der Waals surface area contributed by atoms with Crippen LogP contribution in [0.2, 0.25) is 0 Å². The lowest BCUT2D eigenvalue weighted by molar-refractivity contribution is -0.136. The normalized spacial score (nSPS) is 15.2. The first-order chi connectivity index (χ1) is 16.2. The van der Waals surface area contributed by atoms with Crippen molar-refractivity contribution in [2.75, 3.05) is 26.7 Å². The number of pyridine rings is 1. The zero-order valence-corrected chi connectivity index (χ0v) is 19.2. The second-order valence-corrected chi connectivity index (χ2v) is 8.50. The van der Waals surface area contributed by atoms with E-state index in [4.69, 9.17) is 4.74 Å². The first-order valence-corrected chi connectivity index (χ1v) is 11.3. The molecule has 186 valence electrons. The van der Waals surface area contributed by atoms with Gasteiger partial charge in [-0.1, -0.05) is 12.1 Å². The van der Waals surface area contributed by atoms with Gasteiger partial charge in [0.05, 0.1) is 25.0 Å². The molecule has 1 aromatic carbocycles. The van der Waals surface area contributed by atoms with Gasteiger partial charge in [-0.15, -0.1) is 0 Å². The molecule has 1 aliphatic rings. The maximum Gasteiger partial charge on any atom is 0.389 e. The maximum absolute atomic E-state index is 13.2. The van der Waals surface area contributed by atoms with Crippen LogP contribution in [-0.2, 0) is 13.1 Å². The van der Waals surface area contributed by atoms with Crippen molar-refractivity contribution in [1.82, 2.24) is 20.1 Å². The first-order valence-electron chi connectivity index (χ1n) is 11.3. The number of aromatic nitrogens is 1. The summed E-state index contributed by atoms with van der Waals surface area (Å²) in [7, 11) is 2.05. The van der Waals surface area contributed by atoms with Gasteiger partial charge in [0, 0.05) is 19.0 Å². The molecule has 0 radical (unpaired) electrons. The van der Waals surface area contributed by atoms with Gasteiger partial charge in [0.2, 0.25) is 0 Å². The van der Waals surface area contributed by atoms with E-state index in [0.717, 1.165) is 37.7 Å². The van der Waals surface area contributed by atoms with Crippen molar-refractivity contribution < 1.29 is 27.1 Å². The average molecular weight is 483 g/mol. The van der Waals surface area contributed by atoms with E-state index < -0.39 is 18.4 Å². The van der Waals surface area contributed by atoms with Crippen molar-refractivity contribution >= 4 is 6.03 Å². The van der Waals surface area contributed by atoms with Gasteiger partial charge in [0.15, 0.2) is 0 Å². The molecule has 0 bridgehead atoms. The van der Waals surface area contributed by atoms with Crippen molar-refractivity contribution in [1.29, 1.82) is 0 Å². The van der Waals surface area contributed by atoms with Crippen LogP contribution in [0.15, 0.2) is 42.6 Å². The second-order valence-electron chi connectivity index (χ2n) is 8.50. The van der Waals surface area contributed by atoms with Gasteiger partial charge in [-0.25, -0.2) is 9.18 Å². The highest BCUT2D eigenvalue weighted by Gasteiger charge is 2.28. The maximum atomic E-state index is 13.2. The predicted octanol–water partition coefficient (Wildman–Crippen LogP) is 4.75. The fraction of sp³-hybridized carbons (Fsp3) is 0.500. The number of piperidine rings is 1. The van der Waals surface area contributed by atoms with Crippen molar-refractivity contribution in [3.8, 4) is 5.75 Å². The quantitative estimate of drug-likeness (QED) is 0.414. The van der Waals surface area contributed by atoms with Crippen LogP contribution < -0.4 is 10.1 Å². The summed E-state index contributed by atoms with van der Waals surface area (Å²) in [5.74, 6) is 0.0550. The van der Waals surface area contributed by atoms with Crippen molar-refractivity contribution in [2.45, 2.75) is 51.0 Å². The molecule has 2 heterocycles. The molecule has 1 saturated heterocycles. The number of hydrogen-bond donors (Lipinski definition) is 1. The van der Waals surface area contributed by atoms with Crippen molar-refractivity contribution in [2.24, 2.45) is 0 Å². The number of amides is 2. The van der Waals surface area contributed by atoms with Crippen molar-refractivity contribution in [3.63, 3.8) is 0 Å². The number of hydrogen-bond acceptors (Lipinski definition) is 4. The molecule has 6 nitrogen and oxygen atoms in total. The molecule has 0 saturated carbocycles. The number of benzene rings is 1. The fourth-order valence-electron chi connectivity index (χ4n) is 3.79. The lowest BCUT2D eigenvalue weighted by atomic mass is 10.0.